The molecule has 0 radical (unpaired) electrons. The standard InChI is InChI=1S/C20H19ClFN3O4S/c21-17-4-2-1-3-14(17)11-12-23-19(26)9-10-20-24-18(25-29-20)13-30(27,28)16-7-5-15(22)6-8-16/h1-8H,9-13H2,(H,23,26). The summed E-state index contributed by atoms with van der Waals surface area (Å²) in [6.45, 7) is 0.438. The van der Waals surface area contributed by atoms with E-state index in [0.717, 1.165) is 17.7 Å². The van der Waals surface area contributed by atoms with Crippen LogP contribution in [0, 0.1) is 5.82 Å². The number of halogens is 2. The van der Waals surface area contributed by atoms with E-state index in [1.54, 1.807) is 6.07 Å². The Kier molecular flexibility index (Phi) is 7.17. The molecule has 1 heterocycles. The lowest BCUT2D eigenvalue weighted by Crippen LogP contribution is -2.26. The van der Waals surface area contributed by atoms with Crippen molar-refractivity contribution < 1.29 is 22.1 Å². The number of rotatable bonds is 9. The van der Waals surface area contributed by atoms with E-state index in [0.29, 0.717) is 18.0 Å². The van der Waals surface area contributed by atoms with E-state index in [2.05, 4.69) is 15.5 Å². The molecule has 0 saturated heterocycles. The molecule has 0 aliphatic carbocycles. The summed E-state index contributed by atoms with van der Waals surface area (Å²) < 4.78 is 42.6. The van der Waals surface area contributed by atoms with Crippen LogP contribution in [0.15, 0.2) is 57.9 Å². The van der Waals surface area contributed by atoms with Crippen LogP contribution in [0.25, 0.3) is 0 Å². The number of sulfone groups is 1. The third-order valence-electron chi connectivity index (χ3n) is 4.24. The van der Waals surface area contributed by atoms with Crippen LogP contribution in [0.3, 0.4) is 0 Å². The van der Waals surface area contributed by atoms with Crippen molar-refractivity contribution in [3.8, 4) is 0 Å². The summed E-state index contributed by atoms with van der Waals surface area (Å²) in [5.74, 6) is -1.05. The molecule has 2 aromatic carbocycles. The van der Waals surface area contributed by atoms with Gasteiger partial charge in [-0.05, 0) is 42.3 Å². The fraction of sp³-hybridized carbons (Fsp3) is 0.250. The number of nitrogens with zero attached hydrogens (tertiary/aromatic N) is 2. The van der Waals surface area contributed by atoms with E-state index in [-0.39, 0.29) is 35.4 Å². The van der Waals surface area contributed by atoms with E-state index in [4.69, 9.17) is 16.1 Å². The minimum Gasteiger partial charge on any atom is -0.356 e. The molecular weight excluding hydrogens is 433 g/mol. The van der Waals surface area contributed by atoms with Gasteiger partial charge in [0.05, 0.1) is 4.90 Å². The highest BCUT2D eigenvalue weighted by Gasteiger charge is 2.19. The highest BCUT2D eigenvalue weighted by Crippen LogP contribution is 2.16. The van der Waals surface area contributed by atoms with E-state index >= 15 is 0 Å². The van der Waals surface area contributed by atoms with Gasteiger partial charge in [-0.2, -0.15) is 4.98 Å². The van der Waals surface area contributed by atoms with Crippen LogP contribution >= 0.6 is 11.6 Å². The van der Waals surface area contributed by atoms with Crippen LogP contribution in [0.1, 0.15) is 23.7 Å². The molecule has 0 unspecified atom stereocenters. The number of nitrogens with one attached hydrogen (secondary N) is 1. The minimum atomic E-state index is -3.73. The molecule has 0 aliphatic heterocycles. The number of aromatic nitrogens is 2. The van der Waals surface area contributed by atoms with Gasteiger partial charge in [0, 0.05) is 24.4 Å². The third-order valence-corrected chi connectivity index (χ3v) is 6.24. The highest BCUT2D eigenvalue weighted by atomic mass is 35.5. The fourth-order valence-electron chi connectivity index (χ4n) is 2.69. The second-order valence-corrected chi connectivity index (χ2v) is 8.91. The van der Waals surface area contributed by atoms with Gasteiger partial charge in [0.1, 0.15) is 11.6 Å². The molecule has 158 valence electrons. The molecule has 3 aromatic rings. The van der Waals surface area contributed by atoms with E-state index < -0.39 is 21.4 Å². The zero-order valence-corrected chi connectivity index (χ0v) is 17.4. The first-order chi connectivity index (χ1) is 14.3. The quantitative estimate of drug-likeness (QED) is 0.501. The summed E-state index contributed by atoms with van der Waals surface area (Å²) >= 11 is 6.08. The van der Waals surface area contributed by atoms with Gasteiger partial charge in [0.15, 0.2) is 15.7 Å². The van der Waals surface area contributed by atoms with Crippen LogP contribution in [-0.2, 0) is 33.2 Å². The van der Waals surface area contributed by atoms with Crippen molar-refractivity contribution in [1.82, 2.24) is 15.5 Å². The smallest absolute Gasteiger partial charge is 0.227 e. The Hall–Kier alpha value is -2.78. The second kappa shape index (κ2) is 9.82. The summed E-state index contributed by atoms with van der Waals surface area (Å²) in [6, 6.07) is 11.9. The molecule has 0 bridgehead atoms. The van der Waals surface area contributed by atoms with Crippen molar-refractivity contribution in [3.63, 3.8) is 0 Å². The van der Waals surface area contributed by atoms with Crippen molar-refractivity contribution in [1.29, 1.82) is 0 Å². The van der Waals surface area contributed by atoms with Crippen molar-refractivity contribution in [3.05, 3.63) is 76.6 Å². The average molecular weight is 452 g/mol. The lowest BCUT2D eigenvalue weighted by atomic mass is 10.1. The number of benzene rings is 2. The van der Waals surface area contributed by atoms with Gasteiger partial charge in [-0.15, -0.1) is 0 Å². The molecule has 1 aromatic heterocycles. The van der Waals surface area contributed by atoms with Gasteiger partial charge in [-0.1, -0.05) is 35.0 Å². The van der Waals surface area contributed by atoms with Crippen molar-refractivity contribution >= 4 is 27.3 Å². The second-order valence-electron chi connectivity index (χ2n) is 6.51. The molecule has 0 fully saturated rings. The van der Waals surface area contributed by atoms with Crippen LogP contribution in [-0.4, -0.2) is 31.0 Å². The number of hydrogen-bond acceptors (Lipinski definition) is 6. The van der Waals surface area contributed by atoms with Gasteiger partial charge in [0.25, 0.3) is 0 Å². The maximum Gasteiger partial charge on any atom is 0.227 e. The Morgan fingerprint density at radius 3 is 2.57 bits per heavy atom. The summed E-state index contributed by atoms with van der Waals surface area (Å²) in [6.07, 6.45) is 0.910. The first kappa shape index (κ1) is 21.9. The molecule has 0 aliphatic rings. The van der Waals surface area contributed by atoms with Crippen molar-refractivity contribution in [2.75, 3.05) is 6.54 Å². The Morgan fingerprint density at radius 1 is 1.10 bits per heavy atom. The van der Waals surface area contributed by atoms with Crippen LogP contribution in [0.5, 0.6) is 0 Å². The average Bonchev–Trinajstić information content (AvgIpc) is 3.15. The van der Waals surface area contributed by atoms with E-state index in [9.17, 15) is 17.6 Å². The third kappa shape index (κ3) is 6.11. The summed E-state index contributed by atoms with van der Waals surface area (Å²) in [5.41, 5.74) is 0.948. The SMILES string of the molecule is O=C(CCc1nc(CS(=O)(=O)c2ccc(F)cc2)no1)NCCc1ccccc1Cl. The summed E-state index contributed by atoms with van der Waals surface area (Å²) in [5, 5.41) is 7.09. The maximum atomic E-state index is 13.0. The van der Waals surface area contributed by atoms with Gasteiger partial charge >= 0.3 is 0 Å². The number of amides is 1. The minimum absolute atomic E-state index is 0.0200. The first-order valence-corrected chi connectivity index (χ1v) is 11.2. The topological polar surface area (TPSA) is 102 Å². The molecule has 0 spiro atoms. The number of hydrogen-bond donors (Lipinski definition) is 1. The first-order valence-electron chi connectivity index (χ1n) is 9.13. The lowest BCUT2D eigenvalue weighted by molar-refractivity contribution is -0.121. The van der Waals surface area contributed by atoms with E-state index in [1.165, 1.54) is 12.1 Å². The normalized spacial score (nSPS) is 11.4. The largest absolute Gasteiger partial charge is 0.356 e. The lowest BCUT2D eigenvalue weighted by Gasteiger charge is -2.05. The predicted molar refractivity (Wildman–Crippen MR) is 108 cm³/mol. The van der Waals surface area contributed by atoms with Gasteiger partial charge in [-0.3, -0.25) is 4.79 Å². The van der Waals surface area contributed by atoms with Crippen LogP contribution in [0.4, 0.5) is 4.39 Å². The maximum absolute atomic E-state index is 13.0. The number of aryl methyl sites for hydroxylation is 1. The summed E-state index contributed by atoms with van der Waals surface area (Å²) in [4.78, 5) is 16.0. The number of carbonyl (C=O) groups is 1. The molecular formula is C20H19ClFN3O4S. The van der Waals surface area contributed by atoms with Gasteiger partial charge in [-0.25, -0.2) is 12.8 Å². The van der Waals surface area contributed by atoms with Crippen molar-refractivity contribution in [2.45, 2.75) is 29.9 Å². The molecule has 0 atom stereocenters. The van der Waals surface area contributed by atoms with Crippen LogP contribution in [0.2, 0.25) is 5.02 Å². The fourth-order valence-corrected chi connectivity index (χ4v) is 4.10. The monoisotopic (exact) mass is 451 g/mol. The molecule has 1 N–H and O–H groups in total. The van der Waals surface area contributed by atoms with Gasteiger partial charge in [0.2, 0.25) is 11.8 Å². The van der Waals surface area contributed by atoms with Crippen molar-refractivity contribution in [2.24, 2.45) is 0 Å². The van der Waals surface area contributed by atoms with E-state index in [1.807, 2.05) is 18.2 Å². The molecule has 7 nitrogen and oxygen atoms in total. The van der Waals surface area contributed by atoms with Crippen LogP contribution < -0.4 is 5.32 Å². The predicted octanol–water partition coefficient (Wildman–Crippen LogP) is 3.13. The molecule has 3 rings (SSSR count). The summed E-state index contributed by atoms with van der Waals surface area (Å²) in [7, 11) is -3.73. The molecule has 10 heteroatoms. The molecule has 1 amide bonds. The zero-order valence-electron chi connectivity index (χ0n) is 15.8. The Bertz CT molecular complexity index is 1120. The number of carbonyl (C=O) groups excluding carboxylic acids is 1. The zero-order chi connectivity index (χ0) is 21.6. The Balaban J connectivity index is 1.46. The highest BCUT2D eigenvalue weighted by molar-refractivity contribution is 7.90. The molecule has 30 heavy (non-hydrogen) atoms. The van der Waals surface area contributed by atoms with Gasteiger partial charge < -0.3 is 9.84 Å². The Morgan fingerprint density at radius 2 is 1.83 bits per heavy atom. The Labute approximate surface area is 178 Å². The molecule has 0 saturated carbocycles.